The van der Waals surface area contributed by atoms with Crippen LogP contribution in [0.5, 0.6) is 5.75 Å². The molecule has 0 bridgehead atoms. The Morgan fingerprint density at radius 1 is 1.14 bits per heavy atom. The van der Waals surface area contributed by atoms with E-state index in [-0.39, 0.29) is 30.2 Å². The van der Waals surface area contributed by atoms with E-state index < -0.39 is 18.1 Å². The van der Waals surface area contributed by atoms with E-state index in [4.69, 9.17) is 17.3 Å². The third-order valence-electron chi connectivity index (χ3n) is 3.36. The van der Waals surface area contributed by atoms with E-state index >= 15 is 0 Å². The largest absolute Gasteiger partial charge is 0.573 e. The molecular formula is C17H18ClF3N4O3. The van der Waals surface area contributed by atoms with Crippen molar-refractivity contribution in [3.8, 4) is 5.75 Å². The van der Waals surface area contributed by atoms with E-state index in [0.29, 0.717) is 17.1 Å². The van der Waals surface area contributed by atoms with E-state index in [0.717, 1.165) is 12.1 Å². The lowest BCUT2D eigenvalue weighted by molar-refractivity contribution is -0.274. The fraction of sp³-hybridized carbons (Fsp3) is 0.235. The predicted octanol–water partition coefficient (Wildman–Crippen LogP) is 3.75. The molecule has 2 amide bonds. The van der Waals surface area contributed by atoms with Crippen LogP contribution in [0.1, 0.15) is 5.56 Å². The molecule has 11 heteroatoms. The first kappa shape index (κ1) is 21.6. The summed E-state index contributed by atoms with van der Waals surface area (Å²) in [4.78, 5) is 12.2. The highest BCUT2D eigenvalue weighted by atomic mass is 35.5. The number of ether oxygens (including phenoxy) is 1. The standard InChI is InChI=1S/C17H18ClF3N4O3/c18-11-2-1-10(9-26)15(5-11)25-16(27)24-13-6-12(23-4-3-22)7-14(8-13)28-17(19,20)21/h1-2,5-8,23,26H,3-4,9,22H2,(H2,24,25,27). The summed E-state index contributed by atoms with van der Waals surface area (Å²) in [6.45, 7) is 0.227. The highest BCUT2D eigenvalue weighted by molar-refractivity contribution is 6.31. The molecule has 2 aromatic rings. The number of halogens is 4. The quantitative estimate of drug-likeness (QED) is 0.470. The fourth-order valence-electron chi connectivity index (χ4n) is 2.27. The highest BCUT2D eigenvalue weighted by Gasteiger charge is 2.31. The monoisotopic (exact) mass is 418 g/mol. The summed E-state index contributed by atoms with van der Waals surface area (Å²) in [6, 6.07) is 7.34. The minimum Gasteiger partial charge on any atom is -0.406 e. The molecule has 0 heterocycles. The van der Waals surface area contributed by atoms with Gasteiger partial charge in [-0.2, -0.15) is 0 Å². The first-order valence-electron chi connectivity index (χ1n) is 8.02. The van der Waals surface area contributed by atoms with Crippen molar-refractivity contribution < 1.29 is 27.8 Å². The third-order valence-corrected chi connectivity index (χ3v) is 3.60. The second-order valence-corrected chi connectivity index (χ2v) is 5.98. The van der Waals surface area contributed by atoms with Crippen LogP contribution in [0.15, 0.2) is 36.4 Å². The Hall–Kier alpha value is -2.69. The van der Waals surface area contributed by atoms with Crippen LogP contribution in [0.2, 0.25) is 5.02 Å². The number of anilines is 3. The van der Waals surface area contributed by atoms with Gasteiger partial charge >= 0.3 is 12.4 Å². The maximum Gasteiger partial charge on any atom is 0.573 e. The summed E-state index contributed by atoms with van der Waals surface area (Å²) in [5.74, 6) is -0.511. The Morgan fingerprint density at radius 2 is 1.86 bits per heavy atom. The second kappa shape index (κ2) is 9.49. The van der Waals surface area contributed by atoms with Crippen LogP contribution in [-0.4, -0.2) is 30.6 Å². The maximum absolute atomic E-state index is 12.5. The smallest absolute Gasteiger partial charge is 0.406 e. The second-order valence-electron chi connectivity index (χ2n) is 5.55. The molecule has 0 unspecified atom stereocenters. The number of aliphatic hydroxyl groups excluding tert-OH is 1. The van der Waals surface area contributed by atoms with Crippen LogP contribution in [0.25, 0.3) is 0 Å². The van der Waals surface area contributed by atoms with Crippen molar-refractivity contribution in [2.45, 2.75) is 13.0 Å². The van der Waals surface area contributed by atoms with Gasteiger partial charge in [-0.05, 0) is 18.2 Å². The van der Waals surface area contributed by atoms with Gasteiger partial charge in [0.25, 0.3) is 0 Å². The molecule has 6 N–H and O–H groups in total. The van der Waals surface area contributed by atoms with E-state index in [1.807, 2.05) is 0 Å². The number of nitrogens with one attached hydrogen (secondary N) is 3. The van der Waals surface area contributed by atoms with Crippen LogP contribution >= 0.6 is 11.6 Å². The fourth-order valence-corrected chi connectivity index (χ4v) is 2.44. The number of amides is 2. The van der Waals surface area contributed by atoms with Gasteiger partial charge < -0.3 is 31.5 Å². The summed E-state index contributed by atoms with van der Waals surface area (Å²) in [7, 11) is 0. The average Bonchev–Trinajstić information content (AvgIpc) is 2.58. The molecule has 2 aromatic carbocycles. The number of aliphatic hydroxyl groups is 1. The minimum atomic E-state index is -4.89. The molecule has 0 fully saturated rings. The van der Waals surface area contributed by atoms with E-state index in [1.54, 1.807) is 6.07 Å². The van der Waals surface area contributed by atoms with Crippen molar-refractivity contribution in [1.29, 1.82) is 0 Å². The van der Waals surface area contributed by atoms with E-state index in [1.165, 1.54) is 18.2 Å². The molecular weight excluding hydrogens is 401 g/mol. The van der Waals surface area contributed by atoms with Gasteiger partial charge in [0, 0.05) is 52.9 Å². The Labute approximate surface area is 163 Å². The number of urea groups is 1. The number of hydrogen-bond acceptors (Lipinski definition) is 5. The summed E-state index contributed by atoms with van der Waals surface area (Å²) < 4.78 is 41.5. The average molecular weight is 419 g/mol. The number of carbonyl (C=O) groups is 1. The van der Waals surface area contributed by atoms with Crippen molar-refractivity contribution >= 4 is 34.7 Å². The van der Waals surface area contributed by atoms with Crippen LogP contribution in [-0.2, 0) is 6.61 Å². The molecule has 0 radical (unpaired) electrons. The van der Waals surface area contributed by atoms with Gasteiger partial charge in [0.2, 0.25) is 0 Å². The van der Waals surface area contributed by atoms with Crippen molar-refractivity contribution in [1.82, 2.24) is 0 Å². The predicted molar refractivity (Wildman–Crippen MR) is 101 cm³/mol. The lowest BCUT2D eigenvalue weighted by Crippen LogP contribution is -2.21. The molecule has 0 aliphatic carbocycles. The molecule has 152 valence electrons. The molecule has 0 aromatic heterocycles. The number of hydrogen-bond donors (Lipinski definition) is 5. The van der Waals surface area contributed by atoms with Gasteiger partial charge in [-0.25, -0.2) is 4.79 Å². The highest BCUT2D eigenvalue weighted by Crippen LogP contribution is 2.29. The number of nitrogens with two attached hydrogens (primary N) is 1. The van der Waals surface area contributed by atoms with Crippen molar-refractivity contribution in [3.63, 3.8) is 0 Å². The van der Waals surface area contributed by atoms with Crippen molar-refractivity contribution in [2.75, 3.05) is 29.0 Å². The Kier molecular flexibility index (Phi) is 7.32. The lowest BCUT2D eigenvalue weighted by Gasteiger charge is -2.15. The first-order valence-corrected chi connectivity index (χ1v) is 8.40. The molecule has 0 aliphatic heterocycles. The first-order chi connectivity index (χ1) is 13.2. The Balaban J connectivity index is 2.20. The Bertz CT molecular complexity index is 834. The summed E-state index contributed by atoms with van der Waals surface area (Å²) >= 11 is 5.87. The molecule has 0 saturated carbocycles. The SMILES string of the molecule is NCCNc1cc(NC(=O)Nc2cc(Cl)ccc2CO)cc(OC(F)(F)F)c1. The van der Waals surface area contributed by atoms with Crippen molar-refractivity contribution in [2.24, 2.45) is 5.73 Å². The van der Waals surface area contributed by atoms with E-state index in [9.17, 15) is 23.1 Å². The van der Waals surface area contributed by atoms with Gasteiger partial charge in [0.05, 0.1) is 6.61 Å². The maximum atomic E-state index is 12.5. The van der Waals surface area contributed by atoms with Crippen molar-refractivity contribution in [3.05, 3.63) is 47.0 Å². The summed E-state index contributed by atoms with van der Waals surface area (Å²) in [5.41, 5.74) is 6.38. The third kappa shape index (κ3) is 6.80. The number of benzene rings is 2. The number of alkyl halides is 3. The zero-order valence-corrected chi connectivity index (χ0v) is 15.2. The van der Waals surface area contributed by atoms with Crippen LogP contribution < -0.4 is 26.4 Å². The molecule has 0 spiro atoms. The summed E-state index contributed by atoms with van der Waals surface area (Å²) in [6.07, 6.45) is -4.89. The van der Waals surface area contributed by atoms with Gasteiger partial charge in [-0.3, -0.25) is 0 Å². The lowest BCUT2D eigenvalue weighted by atomic mass is 10.2. The molecule has 0 aliphatic rings. The van der Waals surface area contributed by atoms with Gasteiger partial charge in [-0.1, -0.05) is 17.7 Å². The zero-order valence-electron chi connectivity index (χ0n) is 14.4. The van der Waals surface area contributed by atoms with Gasteiger partial charge in [0.1, 0.15) is 5.75 Å². The molecule has 2 rings (SSSR count). The Morgan fingerprint density at radius 3 is 2.50 bits per heavy atom. The van der Waals surface area contributed by atoms with Crippen LogP contribution in [0, 0.1) is 0 Å². The topological polar surface area (TPSA) is 109 Å². The van der Waals surface area contributed by atoms with Crippen LogP contribution in [0.4, 0.5) is 35.0 Å². The molecule has 0 atom stereocenters. The van der Waals surface area contributed by atoms with Gasteiger partial charge in [-0.15, -0.1) is 13.2 Å². The number of rotatable bonds is 7. The molecule has 0 saturated heterocycles. The molecule has 7 nitrogen and oxygen atoms in total. The minimum absolute atomic E-state index is 0.0475. The summed E-state index contributed by atoms with van der Waals surface area (Å²) in [5, 5.41) is 17.4. The van der Waals surface area contributed by atoms with Gasteiger partial charge in [0.15, 0.2) is 0 Å². The zero-order chi connectivity index (χ0) is 20.7. The number of carbonyl (C=O) groups excluding carboxylic acids is 1. The molecule has 28 heavy (non-hydrogen) atoms. The van der Waals surface area contributed by atoms with Crippen LogP contribution in [0.3, 0.4) is 0 Å². The normalized spacial score (nSPS) is 11.1. The van der Waals surface area contributed by atoms with E-state index in [2.05, 4.69) is 20.7 Å².